The molecule has 1 aromatic heterocycles. The number of hydrogen-bond donors (Lipinski definition) is 2. The Morgan fingerprint density at radius 1 is 1.42 bits per heavy atom. The van der Waals surface area contributed by atoms with Gasteiger partial charge < -0.3 is 15.2 Å². The summed E-state index contributed by atoms with van der Waals surface area (Å²) in [6.45, 7) is 6.01. The van der Waals surface area contributed by atoms with Crippen LogP contribution in [0.3, 0.4) is 0 Å². The number of methoxy groups -OCH3 is 1. The van der Waals surface area contributed by atoms with Crippen molar-refractivity contribution in [1.82, 2.24) is 9.80 Å². The number of hydrazone groups is 1. The molecular weight excluding hydrogens is 328 g/mol. The molecule has 3 N–H and O–H groups in total. The lowest BCUT2D eigenvalue weighted by molar-refractivity contribution is 0.0954. The number of anilines is 1. The number of benzene rings is 1. The van der Waals surface area contributed by atoms with Gasteiger partial charge in [0.05, 0.1) is 30.7 Å². The van der Waals surface area contributed by atoms with Gasteiger partial charge in [-0.05, 0) is 50.5 Å². The molecule has 0 spiro atoms. The smallest absolute Gasteiger partial charge is 0.271 e. The Morgan fingerprint density at radius 3 is 2.75 bits per heavy atom. The van der Waals surface area contributed by atoms with Gasteiger partial charge >= 0.3 is 0 Å². The first-order valence-electron chi connectivity index (χ1n) is 7.35. The van der Waals surface area contributed by atoms with Crippen LogP contribution >= 0.6 is 11.5 Å². The lowest BCUT2D eigenvalue weighted by Gasteiger charge is -2.10. The van der Waals surface area contributed by atoms with Gasteiger partial charge in [-0.3, -0.25) is 4.79 Å². The molecule has 0 saturated carbocycles. The van der Waals surface area contributed by atoms with E-state index in [9.17, 15) is 4.79 Å². The molecule has 0 aliphatic rings. The van der Waals surface area contributed by atoms with Crippen LogP contribution in [-0.2, 0) is 0 Å². The van der Waals surface area contributed by atoms with Gasteiger partial charge in [-0.1, -0.05) is 0 Å². The summed E-state index contributed by atoms with van der Waals surface area (Å²) in [5.74, 6) is 0.728. The lowest BCUT2D eigenvalue weighted by atomic mass is 10.2. The number of amides is 1. The van der Waals surface area contributed by atoms with E-state index in [1.165, 1.54) is 18.6 Å². The minimum atomic E-state index is -0.352. The molecule has 128 valence electrons. The zero-order valence-electron chi connectivity index (χ0n) is 14.0. The van der Waals surface area contributed by atoms with Crippen molar-refractivity contribution in [2.24, 2.45) is 5.10 Å². The lowest BCUT2D eigenvalue weighted by Crippen LogP contribution is -2.19. The van der Waals surface area contributed by atoms with Crippen LogP contribution in [0.4, 0.5) is 5.00 Å². The highest BCUT2D eigenvalue weighted by Crippen LogP contribution is 2.28. The van der Waals surface area contributed by atoms with Crippen molar-refractivity contribution in [3.63, 3.8) is 0 Å². The van der Waals surface area contributed by atoms with E-state index in [0.717, 1.165) is 11.3 Å². The third kappa shape index (κ3) is 3.83. The molecule has 0 aliphatic carbocycles. The maximum absolute atomic E-state index is 12.3. The third-order valence-electron chi connectivity index (χ3n) is 3.30. The maximum atomic E-state index is 12.3. The third-order valence-corrected chi connectivity index (χ3v) is 4.07. The van der Waals surface area contributed by atoms with E-state index in [1.807, 2.05) is 13.8 Å². The molecular formula is C16H20N4O3S. The molecule has 0 atom stereocenters. The van der Waals surface area contributed by atoms with Crippen molar-refractivity contribution in [3.05, 3.63) is 35.0 Å². The number of ether oxygens (including phenoxy) is 2. The predicted molar refractivity (Wildman–Crippen MR) is 95.1 cm³/mol. The van der Waals surface area contributed by atoms with Gasteiger partial charge in [-0.15, -0.1) is 0 Å². The summed E-state index contributed by atoms with van der Waals surface area (Å²) in [5.41, 5.74) is 11.0. The van der Waals surface area contributed by atoms with Crippen molar-refractivity contribution in [2.45, 2.75) is 20.8 Å². The number of aryl methyl sites for hydroxylation is 1. The van der Waals surface area contributed by atoms with Gasteiger partial charge in [-0.25, -0.2) is 5.43 Å². The van der Waals surface area contributed by atoms with Crippen molar-refractivity contribution in [3.8, 4) is 11.5 Å². The van der Waals surface area contributed by atoms with E-state index in [2.05, 4.69) is 14.9 Å². The van der Waals surface area contributed by atoms with Crippen LogP contribution in [0.2, 0.25) is 0 Å². The van der Waals surface area contributed by atoms with Crippen molar-refractivity contribution >= 4 is 28.2 Å². The Bertz CT molecular complexity index is 751. The van der Waals surface area contributed by atoms with Gasteiger partial charge in [0.1, 0.15) is 5.00 Å². The van der Waals surface area contributed by atoms with Gasteiger partial charge in [0, 0.05) is 5.56 Å². The van der Waals surface area contributed by atoms with Crippen molar-refractivity contribution in [2.75, 3.05) is 19.5 Å². The quantitative estimate of drug-likeness (QED) is 0.617. The van der Waals surface area contributed by atoms with Crippen LogP contribution in [0.5, 0.6) is 11.5 Å². The minimum absolute atomic E-state index is 0.352. The second-order valence-corrected chi connectivity index (χ2v) is 5.75. The standard InChI is InChI=1S/C16H20N4O3S/c1-5-23-12-7-6-11(8-13(12)22-4)16(21)19-18-9(2)14-10(3)20-24-15(14)17/h6-8H,5,17H2,1-4H3,(H,19,21)/b18-9-. The molecule has 0 saturated heterocycles. The number of carbonyl (C=O) groups excluding carboxylic acids is 1. The van der Waals surface area contributed by atoms with E-state index < -0.39 is 0 Å². The first kappa shape index (κ1) is 17.7. The summed E-state index contributed by atoms with van der Waals surface area (Å²) in [4.78, 5) is 12.3. The largest absolute Gasteiger partial charge is 0.493 e. The molecule has 24 heavy (non-hydrogen) atoms. The second-order valence-electron chi connectivity index (χ2n) is 4.94. The molecule has 0 aliphatic heterocycles. The summed E-state index contributed by atoms with van der Waals surface area (Å²) in [5, 5.41) is 4.69. The van der Waals surface area contributed by atoms with Gasteiger partial charge in [0.15, 0.2) is 11.5 Å². The second kappa shape index (κ2) is 7.78. The Kier molecular flexibility index (Phi) is 5.75. The van der Waals surface area contributed by atoms with Gasteiger partial charge in [0.25, 0.3) is 5.91 Å². The van der Waals surface area contributed by atoms with Crippen LogP contribution in [0.1, 0.15) is 35.5 Å². The Labute approximate surface area is 144 Å². The highest BCUT2D eigenvalue weighted by atomic mass is 32.1. The molecule has 2 rings (SSSR count). The van der Waals surface area contributed by atoms with Crippen LogP contribution in [0, 0.1) is 6.92 Å². The first-order chi connectivity index (χ1) is 11.5. The fourth-order valence-corrected chi connectivity index (χ4v) is 2.88. The topological polar surface area (TPSA) is 98.8 Å². The summed E-state index contributed by atoms with van der Waals surface area (Å²) in [7, 11) is 1.52. The average Bonchev–Trinajstić information content (AvgIpc) is 2.91. The number of hydrogen-bond acceptors (Lipinski definition) is 7. The van der Waals surface area contributed by atoms with E-state index in [0.29, 0.717) is 34.4 Å². The highest BCUT2D eigenvalue weighted by Gasteiger charge is 2.13. The SMILES string of the molecule is CCOc1ccc(C(=O)N/N=C(/C)c2c(C)nsc2N)cc1OC. The number of carbonyl (C=O) groups is 1. The molecule has 0 radical (unpaired) electrons. The molecule has 0 fully saturated rings. The number of rotatable bonds is 6. The first-order valence-corrected chi connectivity index (χ1v) is 8.12. The van der Waals surface area contributed by atoms with Gasteiger partial charge in [0.2, 0.25) is 0 Å². The van der Waals surface area contributed by atoms with E-state index in [4.69, 9.17) is 15.2 Å². The fraction of sp³-hybridized carbons (Fsp3) is 0.312. The van der Waals surface area contributed by atoms with Crippen LogP contribution in [0.15, 0.2) is 23.3 Å². The Morgan fingerprint density at radius 2 is 2.17 bits per heavy atom. The van der Waals surface area contributed by atoms with E-state index >= 15 is 0 Å². The number of nitrogens with zero attached hydrogens (tertiary/aromatic N) is 2. The van der Waals surface area contributed by atoms with Crippen LogP contribution in [0.25, 0.3) is 0 Å². The van der Waals surface area contributed by atoms with Crippen LogP contribution < -0.4 is 20.6 Å². The molecule has 8 heteroatoms. The van der Waals surface area contributed by atoms with Crippen molar-refractivity contribution < 1.29 is 14.3 Å². The minimum Gasteiger partial charge on any atom is -0.493 e. The van der Waals surface area contributed by atoms with Gasteiger partial charge in [-0.2, -0.15) is 9.47 Å². The summed E-state index contributed by atoms with van der Waals surface area (Å²) in [6, 6.07) is 4.95. The zero-order valence-corrected chi connectivity index (χ0v) is 14.9. The number of nitrogens with two attached hydrogens (primary N) is 1. The monoisotopic (exact) mass is 348 g/mol. The molecule has 1 aromatic carbocycles. The summed E-state index contributed by atoms with van der Waals surface area (Å²) < 4.78 is 14.8. The average molecular weight is 348 g/mol. The van der Waals surface area contributed by atoms with Crippen molar-refractivity contribution in [1.29, 1.82) is 0 Å². The predicted octanol–water partition coefficient (Wildman–Crippen LogP) is 2.60. The van der Waals surface area contributed by atoms with Crippen LogP contribution in [-0.4, -0.2) is 29.7 Å². The highest BCUT2D eigenvalue weighted by molar-refractivity contribution is 7.10. The molecule has 2 aromatic rings. The zero-order chi connectivity index (χ0) is 17.7. The number of aromatic nitrogens is 1. The van der Waals surface area contributed by atoms with E-state index in [-0.39, 0.29) is 5.91 Å². The summed E-state index contributed by atoms with van der Waals surface area (Å²) >= 11 is 1.20. The van der Waals surface area contributed by atoms with E-state index in [1.54, 1.807) is 25.1 Å². The Balaban J connectivity index is 2.16. The maximum Gasteiger partial charge on any atom is 0.271 e. The fourth-order valence-electron chi connectivity index (χ4n) is 2.17. The Hall–Kier alpha value is -2.61. The molecule has 1 heterocycles. The summed E-state index contributed by atoms with van der Waals surface area (Å²) in [6.07, 6.45) is 0. The molecule has 0 unspecified atom stereocenters. The molecule has 0 bridgehead atoms. The number of nitrogen functional groups attached to an aromatic ring is 1. The normalized spacial score (nSPS) is 11.2. The molecule has 1 amide bonds. The molecule has 7 nitrogen and oxygen atoms in total. The number of nitrogens with one attached hydrogen (secondary N) is 1.